The van der Waals surface area contributed by atoms with Crippen LogP contribution in [0, 0.1) is 0 Å². The van der Waals surface area contributed by atoms with Crippen LogP contribution in [0.5, 0.6) is 0 Å². The molecule has 1 N–H and O–H groups in total. The zero-order valence-corrected chi connectivity index (χ0v) is 13.7. The number of carbonyl (C=O) groups excluding carboxylic acids is 3. The van der Waals surface area contributed by atoms with Crippen LogP contribution in [0.4, 0.5) is 10.5 Å². The van der Waals surface area contributed by atoms with Crippen LogP contribution in [-0.4, -0.2) is 22.4 Å². The number of carbonyl (C=O) groups is 3. The number of nitrogens with one attached hydrogen (secondary N) is 1. The first kappa shape index (κ1) is 15.2. The summed E-state index contributed by atoms with van der Waals surface area (Å²) in [6, 6.07) is 7.69. The van der Waals surface area contributed by atoms with Gasteiger partial charge >= 0.3 is 6.03 Å². The zero-order chi connectivity index (χ0) is 16.6. The van der Waals surface area contributed by atoms with E-state index in [1.54, 1.807) is 47.3 Å². The van der Waals surface area contributed by atoms with E-state index in [1.807, 2.05) is 7.05 Å². The normalized spacial score (nSPS) is 16.9. The van der Waals surface area contributed by atoms with Crippen LogP contribution >= 0.6 is 15.9 Å². The molecule has 1 saturated heterocycles. The van der Waals surface area contributed by atoms with E-state index in [9.17, 15) is 14.4 Å². The number of hydrogen-bond acceptors (Lipinski definition) is 3. The summed E-state index contributed by atoms with van der Waals surface area (Å²) in [4.78, 5) is 37.6. The van der Waals surface area contributed by atoms with Gasteiger partial charge in [0.25, 0.3) is 11.8 Å². The molecule has 0 aliphatic carbocycles. The summed E-state index contributed by atoms with van der Waals surface area (Å²) in [7, 11) is 1.84. The summed E-state index contributed by atoms with van der Waals surface area (Å²) in [6.45, 7) is 0. The van der Waals surface area contributed by atoms with Crippen molar-refractivity contribution >= 4 is 45.5 Å². The lowest BCUT2D eigenvalue weighted by atomic mass is 10.1. The topological polar surface area (TPSA) is 71.4 Å². The van der Waals surface area contributed by atoms with Crippen molar-refractivity contribution in [2.75, 3.05) is 4.90 Å². The minimum absolute atomic E-state index is 0.0845. The van der Waals surface area contributed by atoms with Crippen LogP contribution in [0.25, 0.3) is 6.08 Å². The third-order valence-corrected chi connectivity index (χ3v) is 3.88. The minimum Gasteiger partial charge on any atom is -0.357 e. The molecule has 1 fully saturated rings. The molecule has 1 aliphatic heterocycles. The predicted molar refractivity (Wildman–Crippen MR) is 88.6 cm³/mol. The fourth-order valence-corrected chi connectivity index (χ4v) is 2.52. The summed E-state index contributed by atoms with van der Waals surface area (Å²) in [5, 5.41) is 2.19. The second-order valence-corrected chi connectivity index (χ2v) is 5.96. The van der Waals surface area contributed by atoms with E-state index >= 15 is 0 Å². The Bertz CT molecular complexity index is 837. The van der Waals surface area contributed by atoms with E-state index in [0.29, 0.717) is 11.3 Å². The average Bonchev–Trinajstić information content (AvgIpc) is 2.91. The quantitative estimate of drug-likeness (QED) is 0.649. The fourth-order valence-electron chi connectivity index (χ4n) is 2.26. The number of anilines is 1. The Morgan fingerprint density at radius 1 is 1.09 bits per heavy atom. The molecule has 3 rings (SSSR count). The van der Waals surface area contributed by atoms with Crippen LogP contribution < -0.4 is 10.2 Å². The highest BCUT2D eigenvalue weighted by molar-refractivity contribution is 9.10. The fraction of sp³-hybridized carbons (Fsp3) is 0.0625. The second-order valence-electron chi connectivity index (χ2n) is 5.04. The molecule has 23 heavy (non-hydrogen) atoms. The molecule has 7 heteroatoms. The van der Waals surface area contributed by atoms with Crippen molar-refractivity contribution in [2.45, 2.75) is 0 Å². The summed E-state index contributed by atoms with van der Waals surface area (Å²) in [5.74, 6) is -1.35. The van der Waals surface area contributed by atoms with Crippen molar-refractivity contribution in [1.82, 2.24) is 9.88 Å². The molecule has 0 unspecified atom stereocenters. The Hall–Kier alpha value is -2.67. The van der Waals surface area contributed by atoms with Crippen molar-refractivity contribution < 1.29 is 14.4 Å². The number of amides is 4. The lowest BCUT2D eigenvalue weighted by molar-refractivity contribution is -0.122. The Balaban J connectivity index is 2.00. The van der Waals surface area contributed by atoms with Crippen molar-refractivity contribution in [2.24, 2.45) is 7.05 Å². The van der Waals surface area contributed by atoms with Crippen molar-refractivity contribution in [3.63, 3.8) is 0 Å². The lowest BCUT2D eigenvalue weighted by Crippen LogP contribution is -2.54. The molecular formula is C16H12BrN3O3. The summed E-state index contributed by atoms with van der Waals surface area (Å²) >= 11 is 3.30. The van der Waals surface area contributed by atoms with Gasteiger partial charge in [0.05, 0.1) is 5.69 Å². The van der Waals surface area contributed by atoms with Gasteiger partial charge in [-0.25, -0.2) is 9.69 Å². The van der Waals surface area contributed by atoms with Gasteiger partial charge in [0.1, 0.15) is 5.57 Å². The first-order valence-corrected chi connectivity index (χ1v) is 7.54. The second kappa shape index (κ2) is 5.85. The van der Waals surface area contributed by atoms with Gasteiger partial charge in [-0.2, -0.15) is 0 Å². The van der Waals surface area contributed by atoms with E-state index in [4.69, 9.17) is 0 Å². The highest BCUT2D eigenvalue weighted by Gasteiger charge is 2.36. The largest absolute Gasteiger partial charge is 0.357 e. The van der Waals surface area contributed by atoms with Crippen LogP contribution in [0.2, 0.25) is 0 Å². The molecule has 4 amide bonds. The SMILES string of the molecule is Cn1ccc(/C=C2/C(=O)NC(=O)N(c3ccc(Br)cc3)C2=O)c1. The number of rotatable bonds is 2. The predicted octanol–water partition coefficient (Wildman–Crippen LogP) is 2.45. The first-order valence-electron chi connectivity index (χ1n) is 6.75. The van der Waals surface area contributed by atoms with Gasteiger partial charge in [-0.1, -0.05) is 15.9 Å². The number of halogens is 1. The molecule has 2 aromatic rings. The third kappa shape index (κ3) is 2.95. The van der Waals surface area contributed by atoms with E-state index in [1.165, 1.54) is 6.08 Å². The molecule has 1 aliphatic rings. The van der Waals surface area contributed by atoms with Crippen LogP contribution in [0.1, 0.15) is 5.56 Å². The minimum atomic E-state index is -0.757. The number of benzene rings is 1. The highest BCUT2D eigenvalue weighted by Crippen LogP contribution is 2.23. The Morgan fingerprint density at radius 3 is 2.39 bits per heavy atom. The van der Waals surface area contributed by atoms with Gasteiger partial charge < -0.3 is 4.57 Å². The van der Waals surface area contributed by atoms with Gasteiger partial charge in [0, 0.05) is 23.9 Å². The molecule has 1 aromatic carbocycles. The maximum Gasteiger partial charge on any atom is 0.335 e. The van der Waals surface area contributed by atoms with E-state index in [-0.39, 0.29) is 5.57 Å². The molecule has 1 aromatic heterocycles. The first-order chi connectivity index (χ1) is 11.0. The summed E-state index contributed by atoms with van der Waals surface area (Å²) in [6.07, 6.45) is 5.04. The maximum atomic E-state index is 12.6. The molecule has 0 radical (unpaired) electrons. The number of aromatic nitrogens is 1. The molecule has 116 valence electrons. The van der Waals surface area contributed by atoms with E-state index in [0.717, 1.165) is 9.37 Å². The van der Waals surface area contributed by atoms with Crippen LogP contribution in [0.15, 0.2) is 52.8 Å². The zero-order valence-electron chi connectivity index (χ0n) is 12.1. The Morgan fingerprint density at radius 2 is 1.78 bits per heavy atom. The lowest BCUT2D eigenvalue weighted by Gasteiger charge is -2.26. The van der Waals surface area contributed by atoms with Gasteiger partial charge in [0.15, 0.2) is 0 Å². The number of hydrogen-bond donors (Lipinski definition) is 1. The van der Waals surface area contributed by atoms with Crippen molar-refractivity contribution in [1.29, 1.82) is 0 Å². The van der Waals surface area contributed by atoms with Gasteiger partial charge in [-0.05, 0) is 42.0 Å². The van der Waals surface area contributed by atoms with Gasteiger partial charge in [-0.15, -0.1) is 0 Å². The molecule has 0 spiro atoms. The van der Waals surface area contributed by atoms with E-state index in [2.05, 4.69) is 21.2 Å². The maximum absolute atomic E-state index is 12.6. The molecule has 0 bridgehead atoms. The number of imide groups is 2. The van der Waals surface area contributed by atoms with Crippen molar-refractivity contribution in [3.8, 4) is 0 Å². The summed E-state index contributed by atoms with van der Waals surface area (Å²) < 4.78 is 2.62. The molecule has 0 atom stereocenters. The van der Waals surface area contributed by atoms with Gasteiger partial charge in [0.2, 0.25) is 0 Å². The Kier molecular flexibility index (Phi) is 3.87. The smallest absolute Gasteiger partial charge is 0.335 e. The number of nitrogens with zero attached hydrogens (tertiary/aromatic N) is 2. The van der Waals surface area contributed by atoms with Crippen molar-refractivity contribution in [3.05, 3.63) is 58.3 Å². The highest BCUT2D eigenvalue weighted by atomic mass is 79.9. The molecule has 0 saturated carbocycles. The van der Waals surface area contributed by atoms with Crippen LogP contribution in [-0.2, 0) is 16.6 Å². The average molecular weight is 374 g/mol. The Labute approximate surface area is 140 Å². The van der Waals surface area contributed by atoms with E-state index < -0.39 is 17.8 Å². The molecular weight excluding hydrogens is 362 g/mol. The molecule has 6 nitrogen and oxygen atoms in total. The summed E-state index contributed by atoms with van der Waals surface area (Å²) in [5.41, 5.74) is 1.01. The number of barbiturate groups is 1. The monoisotopic (exact) mass is 373 g/mol. The van der Waals surface area contributed by atoms with Crippen LogP contribution in [0.3, 0.4) is 0 Å². The van der Waals surface area contributed by atoms with Gasteiger partial charge in [-0.3, -0.25) is 14.9 Å². The number of urea groups is 1. The standard InChI is InChI=1S/C16H12BrN3O3/c1-19-7-6-10(9-19)8-13-14(21)18-16(23)20(15(13)22)12-4-2-11(17)3-5-12/h2-9H,1H3,(H,18,21,23)/b13-8-. The third-order valence-electron chi connectivity index (χ3n) is 3.35. The molecule has 2 heterocycles. The number of aryl methyl sites for hydroxylation is 1.